The van der Waals surface area contributed by atoms with E-state index in [-0.39, 0.29) is 0 Å². The maximum atomic E-state index is 6.65. The Hall–Kier alpha value is -6.24. The Balaban J connectivity index is 1.03. The van der Waals surface area contributed by atoms with E-state index in [9.17, 15) is 0 Å². The van der Waals surface area contributed by atoms with Gasteiger partial charge in [0.15, 0.2) is 0 Å². The predicted octanol–water partition coefficient (Wildman–Crippen LogP) is 14.0. The molecule has 1 aliphatic rings. The van der Waals surface area contributed by atoms with Crippen molar-refractivity contribution in [2.75, 3.05) is 4.90 Å². The van der Waals surface area contributed by atoms with Gasteiger partial charge < -0.3 is 18.5 Å². The highest BCUT2D eigenvalue weighted by atomic mass is 32.5. The molecule has 264 valence electrons. The molecule has 0 unspecified atom stereocenters. The Morgan fingerprint density at radius 2 is 1.00 bits per heavy atom. The molecule has 0 amide bonds. The van der Waals surface area contributed by atoms with Gasteiger partial charge in [0.1, 0.15) is 33.0 Å². The van der Waals surface area contributed by atoms with E-state index in [1.54, 1.807) is 11.3 Å². The highest BCUT2D eigenvalue weighted by molar-refractivity contribution is 8.08. The quantitative estimate of drug-likeness (QED) is 0.151. The van der Waals surface area contributed by atoms with Gasteiger partial charge >= 0.3 is 6.72 Å². The van der Waals surface area contributed by atoms with Gasteiger partial charge in [-0.3, -0.25) is 0 Å². The fourth-order valence-corrected chi connectivity index (χ4v) is 10.3. The summed E-state index contributed by atoms with van der Waals surface area (Å²) in [5, 5.41) is 6.23. The van der Waals surface area contributed by atoms with Gasteiger partial charge in [-0.15, -0.1) is 0 Å². The van der Waals surface area contributed by atoms with Gasteiger partial charge in [-0.2, -0.15) is 0 Å². The first-order valence-electron chi connectivity index (χ1n) is 17.9. The zero-order chi connectivity index (χ0) is 36.8. The molecule has 0 aliphatic carbocycles. The molecule has 2 heterocycles. The SMILES string of the molecule is S=P1(Oc2ccc(-c3nc(-c4ccccc4)c(N(c4ccccc4)c4ccccc4)s3)cc2)Oc2ccc3ccccc3c2-c2c(ccc3ccccc23)O1. The molecule has 8 heteroatoms. The second-order valence-electron chi connectivity index (χ2n) is 13.1. The molecule has 0 atom stereocenters. The minimum Gasteiger partial charge on any atom is -0.407 e. The number of thiazole rings is 1. The van der Waals surface area contributed by atoms with E-state index in [1.807, 2.05) is 91.0 Å². The molecule has 10 rings (SSSR count). The lowest BCUT2D eigenvalue weighted by molar-refractivity contribution is 0.389. The number of benzene rings is 8. The van der Waals surface area contributed by atoms with Crippen LogP contribution >= 0.6 is 18.1 Å². The van der Waals surface area contributed by atoms with Crippen molar-refractivity contribution >= 4 is 67.8 Å². The third-order valence-corrected chi connectivity index (χ3v) is 12.7. The lowest BCUT2D eigenvalue weighted by atomic mass is 9.92. The minimum absolute atomic E-state index is 0.550. The Morgan fingerprint density at radius 1 is 0.509 bits per heavy atom. The van der Waals surface area contributed by atoms with Crippen molar-refractivity contribution in [3.8, 4) is 50.2 Å². The molecule has 0 radical (unpaired) electrons. The molecule has 0 fully saturated rings. The van der Waals surface area contributed by atoms with E-state index in [0.29, 0.717) is 17.2 Å². The number of fused-ring (bicyclic) bond motifs is 7. The van der Waals surface area contributed by atoms with Gasteiger partial charge in [0.2, 0.25) is 0 Å². The number of nitrogens with zero attached hydrogens (tertiary/aromatic N) is 2. The third kappa shape index (κ3) is 6.22. The van der Waals surface area contributed by atoms with Crippen LogP contribution in [0.25, 0.3) is 54.5 Å². The van der Waals surface area contributed by atoms with Crippen LogP contribution in [0.2, 0.25) is 0 Å². The van der Waals surface area contributed by atoms with Crippen LogP contribution in [0.5, 0.6) is 17.2 Å². The summed E-state index contributed by atoms with van der Waals surface area (Å²) in [6, 6.07) is 63.7. The molecule has 1 aliphatic heterocycles. The maximum absolute atomic E-state index is 6.65. The molecule has 5 nitrogen and oxygen atoms in total. The summed E-state index contributed by atoms with van der Waals surface area (Å²) in [5.41, 5.74) is 6.90. The van der Waals surface area contributed by atoms with Gasteiger partial charge in [-0.05, 0) is 82.2 Å². The van der Waals surface area contributed by atoms with Crippen LogP contribution in [0, 0.1) is 0 Å². The van der Waals surface area contributed by atoms with E-state index < -0.39 is 6.72 Å². The van der Waals surface area contributed by atoms with Crippen LogP contribution in [-0.4, -0.2) is 4.98 Å². The average molecular weight is 767 g/mol. The van der Waals surface area contributed by atoms with Gasteiger partial charge in [-0.25, -0.2) is 4.98 Å². The first kappa shape index (κ1) is 33.3. The van der Waals surface area contributed by atoms with Crippen LogP contribution in [0.1, 0.15) is 0 Å². The van der Waals surface area contributed by atoms with Gasteiger partial charge in [-0.1, -0.05) is 139 Å². The van der Waals surface area contributed by atoms with Crippen molar-refractivity contribution in [3.63, 3.8) is 0 Å². The van der Waals surface area contributed by atoms with Crippen molar-refractivity contribution in [1.29, 1.82) is 0 Å². The smallest absolute Gasteiger partial charge is 0.407 e. The van der Waals surface area contributed by atoms with E-state index in [1.165, 1.54) is 0 Å². The van der Waals surface area contributed by atoms with Gasteiger partial charge in [0, 0.05) is 45.4 Å². The minimum atomic E-state index is -3.40. The molecule has 9 aromatic rings. The maximum Gasteiger partial charge on any atom is 0.490 e. The highest BCUT2D eigenvalue weighted by Crippen LogP contribution is 2.59. The van der Waals surface area contributed by atoms with Crippen LogP contribution in [0.3, 0.4) is 0 Å². The normalized spacial score (nSPS) is 12.9. The zero-order valence-electron chi connectivity index (χ0n) is 29.3. The first-order valence-corrected chi connectivity index (χ1v) is 21.3. The standard InChI is InChI=1S/C47H31N2O3PS2/c54-53(51-41-30-26-32-14-10-12-22-39(32)43(41)44-40-23-13-11-15-33(40)27-31-42(44)52-53)50-38-28-24-35(25-29-38)46-48-45(34-16-4-1-5-17-34)47(55-46)49(36-18-6-2-7-19-36)37-20-8-3-9-21-37/h1-31H. The third-order valence-electron chi connectivity index (χ3n) is 9.66. The fourth-order valence-electron chi connectivity index (χ4n) is 7.16. The van der Waals surface area contributed by atoms with Crippen LogP contribution in [-0.2, 0) is 11.8 Å². The van der Waals surface area contributed by atoms with Gasteiger partial charge in [0.25, 0.3) is 0 Å². The number of aromatic nitrogens is 1. The molecule has 1 aromatic heterocycles. The van der Waals surface area contributed by atoms with Crippen molar-refractivity contribution < 1.29 is 13.6 Å². The lowest BCUT2D eigenvalue weighted by Crippen LogP contribution is -2.09. The van der Waals surface area contributed by atoms with Crippen LogP contribution < -0.4 is 18.5 Å². The van der Waals surface area contributed by atoms with Crippen molar-refractivity contribution in [2.24, 2.45) is 0 Å². The van der Waals surface area contributed by atoms with Crippen LogP contribution in [0.15, 0.2) is 188 Å². The number of hydrogen-bond acceptors (Lipinski definition) is 7. The largest absolute Gasteiger partial charge is 0.490 e. The van der Waals surface area contributed by atoms with Crippen molar-refractivity contribution in [2.45, 2.75) is 0 Å². The molecule has 55 heavy (non-hydrogen) atoms. The Kier molecular flexibility index (Phi) is 8.41. The molecule has 8 aromatic carbocycles. The Labute approximate surface area is 327 Å². The number of hydrogen-bond donors (Lipinski definition) is 0. The highest BCUT2D eigenvalue weighted by Gasteiger charge is 2.34. The van der Waals surface area contributed by atoms with Gasteiger partial charge in [0.05, 0.1) is 0 Å². The predicted molar refractivity (Wildman–Crippen MR) is 231 cm³/mol. The van der Waals surface area contributed by atoms with Crippen molar-refractivity contribution in [1.82, 2.24) is 4.98 Å². The summed E-state index contributed by atoms with van der Waals surface area (Å²) < 4.78 is 19.9. The van der Waals surface area contributed by atoms with Crippen LogP contribution in [0.4, 0.5) is 16.4 Å². The van der Waals surface area contributed by atoms with E-state index in [4.69, 9.17) is 30.4 Å². The molecule has 0 bridgehead atoms. The Morgan fingerprint density at radius 3 is 1.55 bits per heavy atom. The average Bonchev–Trinajstić information content (AvgIpc) is 3.61. The lowest BCUT2D eigenvalue weighted by Gasteiger charge is -2.24. The van der Waals surface area contributed by atoms with E-state index in [2.05, 4.69) is 102 Å². The summed E-state index contributed by atoms with van der Waals surface area (Å²) >= 11 is 7.82. The summed E-state index contributed by atoms with van der Waals surface area (Å²) in [6.45, 7) is -3.40. The molecule has 0 saturated carbocycles. The summed E-state index contributed by atoms with van der Waals surface area (Å²) in [5.74, 6) is 1.83. The Bertz CT molecular complexity index is 2750. The summed E-state index contributed by atoms with van der Waals surface area (Å²) in [4.78, 5) is 7.54. The summed E-state index contributed by atoms with van der Waals surface area (Å²) in [7, 11) is 0. The van der Waals surface area contributed by atoms with E-state index >= 15 is 0 Å². The number of rotatable bonds is 7. The first-order chi connectivity index (χ1) is 27.1. The molecular formula is C47H31N2O3PS2. The van der Waals surface area contributed by atoms with Crippen molar-refractivity contribution in [3.05, 3.63) is 188 Å². The number of para-hydroxylation sites is 2. The molecule has 0 saturated heterocycles. The van der Waals surface area contributed by atoms with E-state index in [0.717, 1.165) is 70.9 Å². The summed E-state index contributed by atoms with van der Waals surface area (Å²) in [6.07, 6.45) is 0. The second kappa shape index (κ2) is 13.9. The topological polar surface area (TPSA) is 43.8 Å². The molecule has 0 N–H and O–H groups in total. The molecular weight excluding hydrogens is 736 g/mol. The second-order valence-corrected chi connectivity index (χ2v) is 16.9. The molecule has 0 spiro atoms. The fraction of sp³-hybridized carbons (Fsp3) is 0. The zero-order valence-corrected chi connectivity index (χ0v) is 31.8. The monoisotopic (exact) mass is 766 g/mol. The number of anilines is 3.